The second-order valence-corrected chi connectivity index (χ2v) is 9.06. The van der Waals surface area contributed by atoms with Gasteiger partial charge in [-0.1, -0.05) is 49.2 Å². The number of piperidine rings is 1. The summed E-state index contributed by atoms with van der Waals surface area (Å²) >= 11 is 0. The monoisotopic (exact) mass is 434 g/mol. The number of amides is 2. The SMILES string of the molecule is O=C(c1ccccc1)N1CCC2(CCCCCc3ccccc3OCCCNC2=O)CC1. The van der Waals surface area contributed by atoms with E-state index < -0.39 is 0 Å². The molecule has 0 saturated carbocycles. The zero-order chi connectivity index (χ0) is 22.2. The fourth-order valence-corrected chi connectivity index (χ4v) is 4.94. The first-order valence-electron chi connectivity index (χ1n) is 12.0. The second kappa shape index (κ2) is 10.7. The van der Waals surface area contributed by atoms with E-state index in [0.29, 0.717) is 26.2 Å². The van der Waals surface area contributed by atoms with Crippen LogP contribution in [0.3, 0.4) is 0 Å². The standard InChI is InChI=1S/C27H34N2O3/c30-25(23-12-3-1-4-13-23)29-19-16-27(17-20-29)15-8-2-5-10-22-11-6-7-14-24(22)32-21-9-18-28-26(27)31/h1,3-4,6-7,11-14H,2,5,8-10,15-21H2,(H,28,31). The van der Waals surface area contributed by atoms with Gasteiger partial charge in [-0.2, -0.15) is 0 Å². The van der Waals surface area contributed by atoms with Crippen LogP contribution < -0.4 is 10.1 Å². The number of aryl methyl sites for hydroxylation is 1. The summed E-state index contributed by atoms with van der Waals surface area (Å²) in [5, 5.41) is 3.17. The summed E-state index contributed by atoms with van der Waals surface area (Å²) in [4.78, 5) is 28.0. The number of rotatable bonds is 1. The van der Waals surface area contributed by atoms with Crippen LogP contribution in [0.1, 0.15) is 60.9 Å². The van der Waals surface area contributed by atoms with Crippen LogP contribution in [0.15, 0.2) is 54.6 Å². The number of nitrogens with one attached hydrogen (secondary N) is 1. The van der Waals surface area contributed by atoms with Gasteiger partial charge in [0.05, 0.1) is 12.0 Å². The molecule has 0 unspecified atom stereocenters. The molecule has 1 fully saturated rings. The average Bonchev–Trinajstić information content (AvgIpc) is 2.84. The van der Waals surface area contributed by atoms with Gasteiger partial charge in [-0.05, 0) is 62.3 Å². The zero-order valence-corrected chi connectivity index (χ0v) is 18.9. The summed E-state index contributed by atoms with van der Waals surface area (Å²) in [6.45, 7) is 2.49. The largest absolute Gasteiger partial charge is 0.493 e. The van der Waals surface area contributed by atoms with Crippen LogP contribution in [0.25, 0.3) is 0 Å². The van der Waals surface area contributed by atoms with Gasteiger partial charge in [0.2, 0.25) is 5.91 Å². The Labute approximate surface area is 191 Å². The topological polar surface area (TPSA) is 58.6 Å². The third-order valence-corrected chi connectivity index (χ3v) is 6.95. The maximum absolute atomic E-state index is 13.3. The van der Waals surface area contributed by atoms with Crippen molar-refractivity contribution in [3.05, 3.63) is 65.7 Å². The Balaban J connectivity index is 1.39. The van der Waals surface area contributed by atoms with Crippen molar-refractivity contribution in [1.29, 1.82) is 0 Å². The van der Waals surface area contributed by atoms with E-state index in [9.17, 15) is 9.59 Å². The van der Waals surface area contributed by atoms with Gasteiger partial charge in [-0.3, -0.25) is 9.59 Å². The third kappa shape index (κ3) is 5.32. The highest BCUT2D eigenvalue weighted by Gasteiger charge is 2.41. The zero-order valence-electron chi connectivity index (χ0n) is 18.9. The van der Waals surface area contributed by atoms with E-state index in [1.54, 1.807) is 0 Å². The third-order valence-electron chi connectivity index (χ3n) is 6.95. The van der Waals surface area contributed by atoms with E-state index in [-0.39, 0.29) is 17.2 Å². The van der Waals surface area contributed by atoms with E-state index in [1.165, 1.54) is 5.56 Å². The van der Waals surface area contributed by atoms with Gasteiger partial charge in [0.1, 0.15) is 5.75 Å². The van der Waals surface area contributed by atoms with Crippen LogP contribution in [0, 0.1) is 5.41 Å². The van der Waals surface area contributed by atoms with Gasteiger partial charge in [-0.15, -0.1) is 0 Å². The summed E-state index contributed by atoms with van der Waals surface area (Å²) in [5.74, 6) is 1.20. The Bertz CT molecular complexity index is 904. The summed E-state index contributed by atoms with van der Waals surface area (Å²) < 4.78 is 5.99. The molecule has 2 aromatic carbocycles. The molecule has 1 spiro atoms. The van der Waals surface area contributed by atoms with E-state index in [2.05, 4.69) is 17.4 Å². The number of benzene rings is 2. The Kier molecular flexibility index (Phi) is 7.46. The minimum atomic E-state index is -0.365. The van der Waals surface area contributed by atoms with Gasteiger partial charge >= 0.3 is 0 Å². The van der Waals surface area contributed by atoms with E-state index in [0.717, 1.165) is 62.7 Å². The molecule has 2 aromatic rings. The van der Waals surface area contributed by atoms with Crippen molar-refractivity contribution in [3.63, 3.8) is 0 Å². The average molecular weight is 435 g/mol. The lowest BCUT2D eigenvalue weighted by atomic mass is 9.73. The van der Waals surface area contributed by atoms with Crippen molar-refractivity contribution >= 4 is 11.8 Å². The Morgan fingerprint density at radius 1 is 0.875 bits per heavy atom. The molecule has 32 heavy (non-hydrogen) atoms. The molecule has 0 bridgehead atoms. The van der Waals surface area contributed by atoms with Crippen LogP contribution in [0.5, 0.6) is 5.75 Å². The van der Waals surface area contributed by atoms with Crippen molar-refractivity contribution in [2.75, 3.05) is 26.2 Å². The molecule has 5 nitrogen and oxygen atoms in total. The number of likely N-dealkylation sites (tertiary alicyclic amines) is 1. The highest BCUT2D eigenvalue weighted by Crippen LogP contribution is 2.38. The first kappa shape index (κ1) is 22.4. The number of carbonyl (C=O) groups is 2. The van der Waals surface area contributed by atoms with Crippen molar-refractivity contribution in [2.24, 2.45) is 5.41 Å². The van der Waals surface area contributed by atoms with Crippen LogP contribution in [0.4, 0.5) is 0 Å². The molecule has 0 aromatic heterocycles. The first-order chi connectivity index (χ1) is 15.7. The number of carbonyl (C=O) groups excluding carboxylic acids is 2. The highest BCUT2D eigenvalue weighted by molar-refractivity contribution is 5.94. The number of fused-ring (bicyclic) bond motifs is 1. The number of hydrogen-bond donors (Lipinski definition) is 1. The Hall–Kier alpha value is -2.82. The molecule has 2 amide bonds. The van der Waals surface area contributed by atoms with Gasteiger partial charge in [0.25, 0.3) is 5.91 Å². The molecular weight excluding hydrogens is 400 g/mol. The maximum Gasteiger partial charge on any atom is 0.253 e. The van der Waals surface area contributed by atoms with Crippen LogP contribution in [-0.4, -0.2) is 43.0 Å². The molecule has 0 aliphatic carbocycles. The summed E-state index contributed by atoms with van der Waals surface area (Å²) in [6.07, 6.45) is 7.37. The molecule has 5 heteroatoms. The molecule has 1 N–H and O–H groups in total. The lowest BCUT2D eigenvalue weighted by Crippen LogP contribution is -2.50. The van der Waals surface area contributed by atoms with Crippen LogP contribution in [0.2, 0.25) is 0 Å². The smallest absolute Gasteiger partial charge is 0.253 e. The lowest BCUT2D eigenvalue weighted by molar-refractivity contribution is -0.134. The van der Waals surface area contributed by atoms with Crippen LogP contribution in [-0.2, 0) is 11.2 Å². The molecule has 2 heterocycles. The fourth-order valence-electron chi connectivity index (χ4n) is 4.94. The predicted molar refractivity (Wildman–Crippen MR) is 126 cm³/mol. The minimum absolute atomic E-state index is 0.0672. The Morgan fingerprint density at radius 3 is 2.44 bits per heavy atom. The van der Waals surface area contributed by atoms with Gasteiger partial charge in [-0.25, -0.2) is 0 Å². The summed E-state index contributed by atoms with van der Waals surface area (Å²) in [6, 6.07) is 17.7. The van der Waals surface area contributed by atoms with E-state index in [4.69, 9.17) is 4.74 Å². The number of ether oxygens (including phenoxy) is 1. The minimum Gasteiger partial charge on any atom is -0.493 e. The molecule has 0 atom stereocenters. The van der Waals surface area contributed by atoms with Crippen molar-refractivity contribution in [1.82, 2.24) is 10.2 Å². The summed E-state index contributed by atoms with van der Waals surface area (Å²) in [7, 11) is 0. The number of hydrogen-bond acceptors (Lipinski definition) is 3. The normalized spacial score (nSPS) is 19.9. The van der Waals surface area contributed by atoms with Crippen molar-refractivity contribution < 1.29 is 14.3 Å². The van der Waals surface area contributed by atoms with E-state index in [1.807, 2.05) is 47.4 Å². The van der Waals surface area contributed by atoms with Gasteiger partial charge in [0, 0.05) is 25.2 Å². The van der Waals surface area contributed by atoms with Gasteiger partial charge in [0.15, 0.2) is 0 Å². The van der Waals surface area contributed by atoms with Gasteiger partial charge < -0.3 is 15.0 Å². The molecule has 170 valence electrons. The molecule has 0 radical (unpaired) electrons. The molecule has 2 aliphatic rings. The number of nitrogens with zero attached hydrogens (tertiary/aromatic N) is 1. The van der Waals surface area contributed by atoms with Crippen LogP contribution >= 0.6 is 0 Å². The fraction of sp³-hybridized carbons (Fsp3) is 0.481. The van der Waals surface area contributed by atoms with Crippen molar-refractivity contribution in [2.45, 2.75) is 51.4 Å². The van der Waals surface area contributed by atoms with E-state index >= 15 is 0 Å². The first-order valence-corrected chi connectivity index (χ1v) is 12.0. The quantitative estimate of drug-likeness (QED) is 0.713. The molecule has 4 rings (SSSR count). The molecule has 1 saturated heterocycles. The van der Waals surface area contributed by atoms with Crippen molar-refractivity contribution in [3.8, 4) is 5.75 Å². The predicted octanol–water partition coefficient (Wildman–Crippen LogP) is 4.61. The second-order valence-electron chi connectivity index (χ2n) is 9.06. The Morgan fingerprint density at radius 2 is 1.62 bits per heavy atom. The molecule has 2 aliphatic heterocycles. The summed E-state index contributed by atoms with van der Waals surface area (Å²) in [5.41, 5.74) is 1.63. The highest BCUT2D eigenvalue weighted by atomic mass is 16.5. The molecular formula is C27H34N2O3. The number of para-hydroxylation sites is 1. The lowest BCUT2D eigenvalue weighted by Gasteiger charge is -2.41. The maximum atomic E-state index is 13.3.